The number of likely N-dealkylation sites (tertiary alicyclic amines) is 1. The molecular weight excluding hydrogens is 431 g/mol. The highest BCUT2D eigenvalue weighted by Gasteiger charge is 2.35. The van der Waals surface area contributed by atoms with Crippen LogP contribution in [0.15, 0.2) is 30.3 Å². The van der Waals surface area contributed by atoms with Gasteiger partial charge >= 0.3 is 5.97 Å². The standard InChI is InChI=1S/C23H23ClF3NO3/c1-30-23(29)17-9-16(13-2-3-13)21(10-20(17)27)31-22-12-28(7-6-19(22)26)11-14-4-5-15(25)8-18(14)24/h4-5,8-10,13,19,22H,2-3,6-7,11-12H2,1H3. The van der Waals surface area contributed by atoms with Crippen LogP contribution in [0.3, 0.4) is 0 Å². The number of carbonyl (C=O) groups is 1. The number of hydrogen-bond donors (Lipinski definition) is 0. The number of alkyl halides is 1. The molecular formula is C23H23ClF3NO3. The summed E-state index contributed by atoms with van der Waals surface area (Å²) in [6.45, 7) is 1.20. The van der Waals surface area contributed by atoms with Crippen LogP contribution in [0.25, 0.3) is 0 Å². The molecule has 31 heavy (non-hydrogen) atoms. The first kappa shape index (κ1) is 22.0. The molecule has 0 bridgehead atoms. The molecule has 2 atom stereocenters. The van der Waals surface area contributed by atoms with Gasteiger partial charge in [-0.25, -0.2) is 18.0 Å². The van der Waals surface area contributed by atoms with Gasteiger partial charge in [0.25, 0.3) is 0 Å². The van der Waals surface area contributed by atoms with Crippen molar-refractivity contribution in [1.82, 2.24) is 4.90 Å². The number of esters is 1. The van der Waals surface area contributed by atoms with Gasteiger partial charge in [0.05, 0.1) is 12.7 Å². The number of piperidine rings is 1. The van der Waals surface area contributed by atoms with Crippen molar-refractivity contribution in [2.24, 2.45) is 0 Å². The van der Waals surface area contributed by atoms with E-state index in [4.69, 9.17) is 16.3 Å². The van der Waals surface area contributed by atoms with E-state index in [1.807, 2.05) is 4.90 Å². The van der Waals surface area contributed by atoms with Crippen molar-refractivity contribution in [3.63, 3.8) is 0 Å². The number of rotatable bonds is 6. The summed E-state index contributed by atoms with van der Waals surface area (Å²) in [6.07, 6.45) is 0.0535. The SMILES string of the molecule is COC(=O)c1cc(C2CC2)c(OC2CN(Cc3ccc(F)cc3Cl)CCC2F)cc1F. The molecule has 0 amide bonds. The lowest BCUT2D eigenvalue weighted by atomic mass is 10.0. The first-order chi connectivity index (χ1) is 14.9. The Bertz CT molecular complexity index is 983. The smallest absolute Gasteiger partial charge is 0.340 e. The molecule has 2 unspecified atom stereocenters. The zero-order valence-electron chi connectivity index (χ0n) is 17.0. The van der Waals surface area contributed by atoms with E-state index >= 15 is 0 Å². The molecule has 2 aromatic rings. The Morgan fingerprint density at radius 2 is 1.97 bits per heavy atom. The number of ether oxygens (including phenoxy) is 2. The highest BCUT2D eigenvalue weighted by molar-refractivity contribution is 6.31. The zero-order chi connectivity index (χ0) is 22.1. The molecule has 2 aliphatic rings. The molecule has 1 aliphatic heterocycles. The summed E-state index contributed by atoms with van der Waals surface area (Å²) in [6, 6.07) is 6.81. The van der Waals surface area contributed by atoms with E-state index < -0.39 is 29.9 Å². The van der Waals surface area contributed by atoms with Crippen LogP contribution in [-0.4, -0.2) is 43.3 Å². The van der Waals surface area contributed by atoms with Crippen LogP contribution < -0.4 is 4.74 Å². The Kier molecular flexibility index (Phi) is 6.44. The van der Waals surface area contributed by atoms with Crippen molar-refractivity contribution in [3.8, 4) is 5.75 Å². The first-order valence-electron chi connectivity index (χ1n) is 10.2. The van der Waals surface area contributed by atoms with Crippen molar-refractivity contribution in [3.05, 3.63) is 63.7 Å². The van der Waals surface area contributed by atoms with Gasteiger partial charge in [0, 0.05) is 30.7 Å². The largest absolute Gasteiger partial charge is 0.486 e. The van der Waals surface area contributed by atoms with Gasteiger partial charge in [-0.2, -0.15) is 0 Å². The molecule has 0 spiro atoms. The minimum absolute atomic E-state index is 0.148. The van der Waals surface area contributed by atoms with Crippen LogP contribution in [-0.2, 0) is 11.3 Å². The summed E-state index contributed by atoms with van der Waals surface area (Å²) in [4.78, 5) is 13.8. The van der Waals surface area contributed by atoms with E-state index in [1.165, 1.54) is 25.3 Å². The van der Waals surface area contributed by atoms with Crippen molar-refractivity contribution in [1.29, 1.82) is 0 Å². The quantitative estimate of drug-likeness (QED) is 0.558. The maximum atomic E-state index is 14.7. The van der Waals surface area contributed by atoms with Crippen LogP contribution in [0, 0.1) is 11.6 Å². The molecule has 1 saturated heterocycles. The van der Waals surface area contributed by atoms with Crippen LogP contribution >= 0.6 is 11.6 Å². The molecule has 1 aliphatic carbocycles. The van der Waals surface area contributed by atoms with E-state index in [-0.39, 0.29) is 30.2 Å². The highest BCUT2D eigenvalue weighted by Crippen LogP contribution is 2.45. The Balaban J connectivity index is 1.52. The molecule has 1 heterocycles. The van der Waals surface area contributed by atoms with Gasteiger partial charge in [0.1, 0.15) is 29.7 Å². The van der Waals surface area contributed by atoms with Crippen molar-refractivity contribution >= 4 is 17.6 Å². The summed E-state index contributed by atoms with van der Waals surface area (Å²) in [5.41, 5.74) is 1.30. The average Bonchev–Trinajstić information content (AvgIpc) is 3.57. The minimum atomic E-state index is -1.21. The number of hydrogen-bond acceptors (Lipinski definition) is 4. The molecule has 8 heteroatoms. The molecule has 0 N–H and O–H groups in total. The summed E-state index contributed by atoms with van der Waals surface area (Å²) in [5, 5.41) is 0.316. The second-order valence-corrected chi connectivity index (χ2v) is 8.47. The molecule has 0 radical (unpaired) electrons. The summed E-state index contributed by atoms with van der Waals surface area (Å²) < 4.78 is 53.1. The van der Waals surface area contributed by atoms with Crippen LogP contribution in [0.1, 0.15) is 46.7 Å². The third-order valence-electron chi connectivity index (χ3n) is 5.77. The molecule has 4 nitrogen and oxygen atoms in total. The number of carbonyl (C=O) groups excluding carboxylic acids is 1. The topological polar surface area (TPSA) is 38.8 Å². The van der Waals surface area contributed by atoms with Gasteiger partial charge < -0.3 is 9.47 Å². The highest BCUT2D eigenvalue weighted by atomic mass is 35.5. The molecule has 2 aromatic carbocycles. The molecule has 2 fully saturated rings. The number of nitrogens with zero attached hydrogens (tertiary/aromatic N) is 1. The minimum Gasteiger partial charge on any atom is -0.486 e. The van der Waals surface area contributed by atoms with Gasteiger partial charge in [-0.15, -0.1) is 0 Å². The third kappa shape index (κ3) is 4.99. The first-order valence-corrected chi connectivity index (χ1v) is 10.6. The summed E-state index contributed by atoms with van der Waals surface area (Å²) >= 11 is 6.12. The van der Waals surface area contributed by atoms with Crippen molar-refractivity contribution in [2.45, 2.75) is 44.0 Å². The van der Waals surface area contributed by atoms with Crippen molar-refractivity contribution < 1.29 is 27.4 Å². The fourth-order valence-corrected chi connectivity index (χ4v) is 4.14. The zero-order valence-corrected chi connectivity index (χ0v) is 17.8. The van der Waals surface area contributed by atoms with Gasteiger partial charge in [-0.3, -0.25) is 4.90 Å². The molecule has 0 aromatic heterocycles. The third-order valence-corrected chi connectivity index (χ3v) is 6.12. The second kappa shape index (κ2) is 9.09. The number of methoxy groups -OCH3 is 1. The van der Waals surface area contributed by atoms with Crippen LogP contribution in [0.2, 0.25) is 5.02 Å². The maximum absolute atomic E-state index is 14.7. The lowest BCUT2D eigenvalue weighted by Crippen LogP contribution is -2.47. The van der Waals surface area contributed by atoms with Gasteiger partial charge in [-0.05, 0) is 54.5 Å². The second-order valence-electron chi connectivity index (χ2n) is 8.07. The van der Waals surface area contributed by atoms with E-state index in [9.17, 15) is 18.0 Å². The van der Waals surface area contributed by atoms with Gasteiger partial charge in [0.15, 0.2) is 0 Å². The maximum Gasteiger partial charge on any atom is 0.340 e. The average molecular weight is 454 g/mol. The number of benzene rings is 2. The van der Waals surface area contributed by atoms with E-state index in [0.29, 0.717) is 23.7 Å². The van der Waals surface area contributed by atoms with E-state index in [0.717, 1.165) is 24.5 Å². The predicted molar refractivity (Wildman–Crippen MR) is 110 cm³/mol. The van der Waals surface area contributed by atoms with E-state index in [2.05, 4.69) is 4.74 Å². The fraction of sp³-hybridized carbons (Fsp3) is 0.435. The summed E-state index contributed by atoms with van der Waals surface area (Å²) in [5.74, 6) is -1.50. The van der Waals surface area contributed by atoms with Gasteiger partial charge in [-0.1, -0.05) is 17.7 Å². The Morgan fingerprint density at radius 1 is 1.19 bits per heavy atom. The fourth-order valence-electron chi connectivity index (χ4n) is 3.91. The molecule has 1 saturated carbocycles. The number of halogens is 4. The molecule has 4 rings (SSSR count). The van der Waals surface area contributed by atoms with E-state index in [1.54, 1.807) is 6.07 Å². The Hall–Kier alpha value is -2.25. The van der Waals surface area contributed by atoms with Gasteiger partial charge in [0.2, 0.25) is 0 Å². The lowest BCUT2D eigenvalue weighted by molar-refractivity contribution is 0.0160. The predicted octanol–water partition coefficient (Wildman–Crippen LogP) is 5.27. The normalized spacial score (nSPS) is 21.7. The summed E-state index contributed by atoms with van der Waals surface area (Å²) in [7, 11) is 1.20. The lowest BCUT2D eigenvalue weighted by Gasteiger charge is -2.35. The molecule has 166 valence electrons. The Labute approximate surface area is 183 Å². The van der Waals surface area contributed by atoms with Crippen LogP contribution in [0.5, 0.6) is 5.75 Å². The monoisotopic (exact) mass is 453 g/mol. The Morgan fingerprint density at radius 3 is 2.65 bits per heavy atom. The van der Waals surface area contributed by atoms with Crippen LogP contribution in [0.4, 0.5) is 13.2 Å². The van der Waals surface area contributed by atoms with Crippen molar-refractivity contribution in [2.75, 3.05) is 20.2 Å².